The van der Waals surface area contributed by atoms with Crippen LogP contribution in [0.1, 0.15) is 27.4 Å². The van der Waals surface area contributed by atoms with Crippen LogP contribution in [0.15, 0.2) is 9.13 Å². The summed E-state index contributed by atoms with van der Waals surface area (Å²) in [6, 6.07) is 1.96. The van der Waals surface area contributed by atoms with Gasteiger partial charge in [0.05, 0.1) is 0 Å². The fourth-order valence-electron chi connectivity index (χ4n) is 1.73. The van der Waals surface area contributed by atoms with Crippen LogP contribution in [0.4, 0.5) is 0 Å². The van der Waals surface area contributed by atoms with Gasteiger partial charge in [-0.3, -0.25) is 4.79 Å². The number of aryl methyl sites for hydroxylation is 2. The Morgan fingerprint density at radius 1 is 1.37 bits per heavy atom. The van der Waals surface area contributed by atoms with Crippen LogP contribution in [0.25, 0.3) is 0 Å². The highest BCUT2D eigenvalue weighted by atomic mass is 32.2. The SMILES string of the molecule is Cc1nnc(SCc2c(C)[nH]c(=O)c(C#N)c2C)s1. The Balaban J connectivity index is 2.30. The first-order valence-electron chi connectivity index (χ1n) is 5.58. The van der Waals surface area contributed by atoms with Gasteiger partial charge in [0, 0.05) is 11.4 Å². The largest absolute Gasteiger partial charge is 0.325 e. The van der Waals surface area contributed by atoms with Gasteiger partial charge >= 0.3 is 0 Å². The number of thioether (sulfide) groups is 1. The van der Waals surface area contributed by atoms with E-state index in [4.69, 9.17) is 5.26 Å². The van der Waals surface area contributed by atoms with Crippen LogP contribution in [-0.2, 0) is 5.75 Å². The molecule has 0 saturated heterocycles. The third-order valence-corrected chi connectivity index (χ3v) is 4.77. The summed E-state index contributed by atoms with van der Waals surface area (Å²) in [7, 11) is 0. The summed E-state index contributed by atoms with van der Waals surface area (Å²) in [5.41, 5.74) is 2.40. The van der Waals surface area contributed by atoms with Crippen LogP contribution in [-0.4, -0.2) is 15.2 Å². The molecule has 98 valence electrons. The van der Waals surface area contributed by atoms with Crippen molar-refractivity contribution in [1.29, 1.82) is 5.26 Å². The van der Waals surface area contributed by atoms with Crippen molar-refractivity contribution < 1.29 is 0 Å². The van der Waals surface area contributed by atoms with Gasteiger partial charge in [-0.1, -0.05) is 23.1 Å². The highest BCUT2D eigenvalue weighted by Gasteiger charge is 2.13. The first-order valence-corrected chi connectivity index (χ1v) is 7.38. The minimum atomic E-state index is -0.321. The molecule has 0 aromatic carbocycles. The smallest absolute Gasteiger partial charge is 0.266 e. The van der Waals surface area contributed by atoms with Crippen LogP contribution >= 0.6 is 23.1 Å². The van der Waals surface area contributed by atoms with Crippen molar-refractivity contribution in [3.8, 4) is 6.07 Å². The van der Waals surface area contributed by atoms with E-state index in [1.165, 1.54) is 11.3 Å². The van der Waals surface area contributed by atoms with Gasteiger partial charge in [-0.05, 0) is 31.9 Å². The molecule has 2 aromatic rings. The van der Waals surface area contributed by atoms with Gasteiger partial charge in [0.2, 0.25) is 0 Å². The number of hydrogen-bond donors (Lipinski definition) is 1. The van der Waals surface area contributed by atoms with E-state index in [0.717, 1.165) is 26.2 Å². The van der Waals surface area contributed by atoms with E-state index >= 15 is 0 Å². The van der Waals surface area contributed by atoms with Gasteiger partial charge < -0.3 is 4.98 Å². The molecule has 0 fully saturated rings. The highest BCUT2D eigenvalue weighted by molar-refractivity contribution is 8.00. The average molecular weight is 292 g/mol. The van der Waals surface area contributed by atoms with Gasteiger partial charge in [0.15, 0.2) is 4.34 Å². The molecule has 2 aromatic heterocycles. The molecule has 0 bridgehead atoms. The number of aromatic nitrogens is 3. The van der Waals surface area contributed by atoms with E-state index < -0.39 is 0 Å². The molecular formula is C12H12N4OS2. The third-order valence-electron chi connectivity index (χ3n) is 2.77. The molecule has 0 aliphatic carbocycles. The fraction of sp³-hybridized carbons (Fsp3) is 0.333. The monoisotopic (exact) mass is 292 g/mol. The Kier molecular flexibility index (Phi) is 4.02. The van der Waals surface area contributed by atoms with Crippen LogP contribution in [0.5, 0.6) is 0 Å². The maximum absolute atomic E-state index is 11.6. The second-order valence-electron chi connectivity index (χ2n) is 4.05. The lowest BCUT2D eigenvalue weighted by atomic mass is 10.1. The first kappa shape index (κ1) is 13.8. The van der Waals surface area contributed by atoms with Crippen molar-refractivity contribution >= 4 is 23.1 Å². The number of hydrogen-bond acceptors (Lipinski definition) is 6. The Labute approximate surface area is 118 Å². The predicted octanol–water partition coefficient (Wildman–Crippen LogP) is 2.32. The first-order chi connectivity index (χ1) is 9.02. The number of pyridine rings is 1. The number of rotatable bonds is 3. The van der Waals surface area contributed by atoms with Crippen LogP contribution in [0, 0.1) is 32.1 Å². The lowest BCUT2D eigenvalue weighted by molar-refractivity contribution is 0.982. The van der Waals surface area contributed by atoms with Crippen molar-refractivity contribution in [1.82, 2.24) is 15.2 Å². The zero-order chi connectivity index (χ0) is 14.0. The summed E-state index contributed by atoms with van der Waals surface area (Å²) in [5.74, 6) is 0.664. The van der Waals surface area contributed by atoms with E-state index in [2.05, 4.69) is 15.2 Å². The number of nitrogens with one attached hydrogen (secondary N) is 1. The molecule has 0 aliphatic rings. The van der Waals surface area contributed by atoms with E-state index in [0.29, 0.717) is 5.75 Å². The second-order valence-corrected chi connectivity index (χ2v) is 6.45. The molecule has 5 nitrogen and oxygen atoms in total. The average Bonchev–Trinajstić information content (AvgIpc) is 2.75. The van der Waals surface area contributed by atoms with Crippen molar-refractivity contribution in [3.05, 3.63) is 37.7 Å². The Bertz CT molecular complexity index is 711. The molecular weight excluding hydrogens is 280 g/mol. The normalized spacial score (nSPS) is 10.4. The Morgan fingerprint density at radius 2 is 2.11 bits per heavy atom. The second kappa shape index (κ2) is 5.55. The Hall–Kier alpha value is -1.65. The molecule has 7 heteroatoms. The van der Waals surface area contributed by atoms with Crippen LogP contribution < -0.4 is 5.56 Å². The van der Waals surface area contributed by atoms with Crippen LogP contribution in [0.3, 0.4) is 0 Å². The lowest BCUT2D eigenvalue weighted by Gasteiger charge is -2.09. The van der Waals surface area contributed by atoms with Gasteiger partial charge in [-0.25, -0.2) is 0 Å². The maximum atomic E-state index is 11.6. The third kappa shape index (κ3) is 2.85. The van der Waals surface area contributed by atoms with E-state index in [9.17, 15) is 4.79 Å². The molecule has 0 saturated carbocycles. The molecule has 0 atom stereocenters. The molecule has 19 heavy (non-hydrogen) atoms. The number of nitrogens with zero attached hydrogens (tertiary/aromatic N) is 3. The summed E-state index contributed by atoms with van der Waals surface area (Å²) in [6.45, 7) is 5.56. The number of H-pyrrole nitrogens is 1. The minimum Gasteiger partial charge on any atom is -0.325 e. The molecule has 2 heterocycles. The zero-order valence-corrected chi connectivity index (χ0v) is 12.4. The van der Waals surface area contributed by atoms with Gasteiger partial charge in [-0.2, -0.15) is 5.26 Å². The summed E-state index contributed by atoms with van der Waals surface area (Å²) in [4.78, 5) is 14.3. The summed E-state index contributed by atoms with van der Waals surface area (Å²) in [6.07, 6.45) is 0. The van der Waals surface area contributed by atoms with Gasteiger partial charge in [-0.15, -0.1) is 10.2 Å². The molecule has 0 aliphatic heterocycles. The number of nitriles is 1. The van der Waals surface area contributed by atoms with Crippen LogP contribution in [0.2, 0.25) is 0 Å². The predicted molar refractivity (Wildman–Crippen MR) is 75.5 cm³/mol. The Morgan fingerprint density at radius 3 is 2.68 bits per heavy atom. The molecule has 1 N–H and O–H groups in total. The molecule has 0 amide bonds. The quantitative estimate of drug-likeness (QED) is 0.878. The standard InChI is InChI=1S/C12H12N4OS2/c1-6-9(4-13)11(17)14-7(2)10(6)5-18-12-16-15-8(3)19-12/h5H2,1-3H3,(H,14,17). The van der Waals surface area contributed by atoms with Gasteiger partial charge in [0.1, 0.15) is 16.6 Å². The highest BCUT2D eigenvalue weighted by Crippen LogP contribution is 2.27. The fourth-order valence-corrected chi connectivity index (χ4v) is 3.72. The lowest BCUT2D eigenvalue weighted by Crippen LogP contribution is -2.16. The molecule has 0 radical (unpaired) electrons. The van der Waals surface area contributed by atoms with Crippen molar-refractivity contribution in [2.75, 3.05) is 0 Å². The number of aromatic amines is 1. The van der Waals surface area contributed by atoms with E-state index in [-0.39, 0.29) is 11.1 Å². The summed E-state index contributed by atoms with van der Waals surface area (Å²) in [5, 5.41) is 17.9. The molecule has 2 rings (SSSR count). The van der Waals surface area contributed by atoms with Crippen molar-refractivity contribution in [3.63, 3.8) is 0 Å². The van der Waals surface area contributed by atoms with E-state index in [1.54, 1.807) is 11.8 Å². The maximum Gasteiger partial charge on any atom is 0.266 e. The summed E-state index contributed by atoms with van der Waals surface area (Å²) < 4.78 is 0.890. The van der Waals surface area contributed by atoms with Crippen molar-refractivity contribution in [2.24, 2.45) is 0 Å². The molecule has 0 unspecified atom stereocenters. The minimum absolute atomic E-state index is 0.189. The van der Waals surface area contributed by atoms with Crippen molar-refractivity contribution in [2.45, 2.75) is 30.9 Å². The van der Waals surface area contributed by atoms with E-state index in [1.807, 2.05) is 26.8 Å². The van der Waals surface area contributed by atoms with Gasteiger partial charge in [0.25, 0.3) is 5.56 Å². The zero-order valence-electron chi connectivity index (χ0n) is 10.8. The molecule has 0 spiro atoms. The summed E-state index contributed by atoms with van der Waals surface area (Å²) >= 11 is 3.10. The topological polar surface area (TPSA) is 82.4 Å².